The van der Waals surface area contributed by atoms with E-state index in [4.69, 9.17) is 4.98 Å². The maximum atomic E-state index is 4.75. The zero-order valence-electron chi connectivity index (χ0n) is 14.2. The number of thiophene rings is 1. The number of rotatable bonds is 1. The third-order valence-electron chi connectivity index (χ3n) is 3.28. The van der Waals surface area contributed by atoms with E-state index in [9.17, 15) is 0 Å². The summed E-state index contributed by atoms with van der Waals surface area (Å²) in [5.74, 6) is 0. The molecule has 2 heteroatoms. The molecular weight excluding hydrogens is 298 g/mol. The summed E-state index contributed by atoms with van der Waals surface area (Å²) >= 11 is 1.80. The third-order valence-corrected chi connectivity index (χ3v) is 4.41. The monoisotopic (exact) mass is 321 g/mol. The zero-order valence-corrected chi connectivity index (χ0v) is 15.0. The van der Waals surface area contributed by atoms with Gasteiger partial charge in [0.2, 0.25) is 0 Å². The molecule has 118 valence electrons. The van der Waals surface area contributed by atoms with Gasteiger partial charge in [-0.1, -0.05) is 70.2 Å². The van der Waals surface area contributed by atoms with Crippen LogP contribution in [0.25, 0.3) is 31.6 Å². The molecule has 0 bridgehead atoms. The first-order valence-electron chi connectivity index (χ1n) is 8.25. The fraction of sp³-hybridized carbons (Fsp3) is 0.190. The van der Waals surface area contributed by atoms with Crippen LogP contribution in [0.15, 0.2) is 66.7 Å². The van der Waals surface area contributed by atoms with E-state index >= 15 is 0 Å². The van der Waals surface area contributed by atoms with Crippen LogP contribution in [0.4, 0.5) is 0 Å². The molecular formula is C21H23NS. The van der Waals surface area contributed by atoms with Crippen LogP contribution in [0.5, 0.6) is 0 Å². The van der Waals surface area contributed by atoms with Gasteiger partial charge in [0.15, 0.2) is 0 Å². The summed E-state index contributed by atoms with van der Waals surface area (Å²) < 4.78 is 1.31. The highest BCUT2D eigenvalue weighted by molar-refractivity contribution is 7.22. The molecule has 0 aliphatic heterocycles. The Hall–Kier alpha value is -2.19. The van der Waals surface area contributed by atoms with E-state index in [1.165, 1.54) is 20.3 Å². The Bertz CT molecular complexity index is 844. The molecule has 23 heavy (non-hydrogen) atoms. The van der Waals surface area contributed by atoms with Gasteiger partial charge in [-0.05, 0) is 29.7 Å². The molecule has 0 atom stereocenters. The number of benzene rings is 2. The van der Waals surface area contributed by atoms with E-state index in [1.807, 2.05) is 39.8 Å². The minimum atomic E-state index is 1.05. The van der Waals surface area contributed by atoms with Crippen molar-refractivity contribution < 1.29 is 0 Å². The summed E-state index contributed by atoms with van der Waals surface area (Å²) in [6, 6.07) is 23.2. The lowest BCUT2D eigenvalue weighted by molar-refractivity contribution is 1.42. The van der Waals surface area contributed by atoms with E-state index in [-0.39, 0.29) is 0 Å². The van der Waals surface area contributed by atoms with Crippen molar-refractivity contribution >= 4 is 32.3 Å². The number of aromatic nitrogens is 1. The summed E-state index contributed by atoms with van der Waals surface area (Å²) in [6.07, 6.45) is 0. The Labute approximate surface area is 142 Å². The van der Waals surface area contributed by atoms with Crippen molar-refractivity contribution in [2.75, 3.05) is 0 Å². The maximum absolute atomic E-state index is 4.75. The standard InChI is InChI=1S/C17H11NS.2C2H6/c1-3-7-14-12(5-1)9-10-15(18-14)17-11-13-6-2-4-8-16(13)19-17;2*1-2/h1-11H;2*1-2H3. The van der Waals surface area contributed by atoms with E-state index in [1.54, 1.807) is 11.3 Å². The largest absolute Gasteiger partial charge is 0.247 e. The lowest BCUT2D eigenvalue weighted by Crippen LogP contribution is -1.81. The summed E-state index contributed by atoms with van der Waals surface area (Å²) in [5, 5.41) is 2.48. The predicted octanol–water partition coefficient (Wildman–Crippen LogP) is 7.17. The summed E-state index contributed by atoms with van der Waals surface area (Å²) in [4.78, 5) is 5.98. The Balaban J connectivity index is 0.000000448. The van der Waals surface area contributed by atoms with Gasteiger partial charge in [-0.25, -0.2) is 4.98 Å². The SMILES string of the molecule is CC.CC.c1ccc2nc(-c3cc4ccccc4s3)ccc2c1. The van der Waals surface area contributed by atoms with Crippen LogP contribution in [0.2, 0.25) is 0 Å². The third kappa shape index (κ3) is 3.77. The molecule has 0 amide bonds. The summed E-state index contributed by atoms with van der Waals surface area (Å²) in [5.41, 5.74) is 2.11. The van der Waals surface area contributed by atoms with E-state index in [0.717, 1.165) is 11.2 Å². The minimum Gasteiger partial charge on any atom is -0.247 e. The van der Waals surface area contributed by atoms with Crippen LogP contribution in [0.3, 0.4) is 0 Å². The number of nitrogens with zero attached hydrogens (tertiary/aromatic N) is 1. The first-order valence-corrected chi connectivity index (χ1v) is 9.06. The van der Waals surface area contributed by atoms with Gasteiger partial charge >= 0.3 is 0 Å². The second kappa shape index (κ2) is 8.44. The average Bonchev–Trinajstić information content (AvgIpc) is 3.09. The molecule has 0 unspecified atom stereocenters. The highest BCUT2D eigenvalue weighted by Gasteiger charge is 2.05. The van der Waals surface area contributed by atoms with Crippen molar-refractivity contribution in [3.8, 4) is 10.6 Å². The topological polar surface area (TPSA) is 12.9 Å². The molecule has 4 aromatic rings. The van der Waals surface area contributed by atoms with Crippen molar-refractivity contribution in [1.82, 2.24) is 4.98 Å². The molecule has 0 aliphatic carbocycles. The van der Waals surface area contributed by atoms with Gasteiger partial charge in [-0.3, -0.25) is 0 Å². The number of para-hydroxylation sites is 1. The summed E-state index contributed by atoms with van der Waals surface area (Å²) in [7, 11) is 0. The molecule has 0 saturated carbocycles. The zero-order chi connectivity index (χ0) is 16.7. The Morgan fingerprint density at radius 2 is 1.35 bits per heavy atom. The van der Waals surface area contributed by atoms with Gasteiger partial charge in [-0.15, -0.1) is 11.3 Å². The first kappa shape index (κ1) is 17.2. The second-order valence-electron chi connectivity index (χ2n) is 4.54. The molecule has 0 N–H and O–H groups in total. The van der Waals surface area contributed by atoms with Gasteiger partial charge in [0, 0.05) is 10.1 Å². The van der Waals surface area contributed by atoms with Crippen LogP contribution in [-0.4, -0.2) is 4.98 Å². The van der Waals surface area contributed by atoms with Gasteiger partial charge in [0.25, 0.3) is 0 Å². The molecule has 0 aliphatic rings. The molecule has 4 rings (SSSR count). The van der Waals surface area contributed by atoms with Crippen molar-refractivity contribution in [1.29, 1.82) is 0 Å². The molecule has 1 nitrogen and oxygen atoms in total. The fourth-order valence-corrected chi connectivity index (χ4v) is 3.34. The molecule has 0 saturated heterocycles. The number of hydrogen-bond acceptors (Lipinski definition) is 2. The molecule has 0 radical (unpaired) electrons. The van der Waals surface area contributed by atoms with Crippen LogP contribution in [-0.2, 0) is 0 Å². The van der Waals surface area contributed by atoms with E-state index < -0.39 is 0 Å². The highest BCUT2D eigenvalue weighted by atomic mass is 32.1. The number of hydrogen-bond donors (Lipinski definition) is 0. The smallest absolute Gasteiger partial charge is 0.0809 e. The fourth-order valence-electron chi connectivity index (χ4n) is 2.31. The lowest BCUT2D eigenvalue weighted by atomic mass is 10.2. The van der Waals surface area contributed by atoms with Crippen LogP contribution in [0.1, 0.15) is 27.7 Å². The van der Waals surface area contributed by atoms with Crippen LogP contribution in [0, 0.1) is 0 Å². The lowest BCUT2D eigenvalue weighted by Gasteiger charge is -1.99. The first-order chi connectivity index (χ1) is 11.4. The molecule has 2 aromatic carbocycles. The molecule has 2 aromatic heterocycles. The Morgan fingerprint density at radius 3 is 2.09 bits per heavy atom. The quantitative estimate of drug-likeness (QED) is 0.362. The van der Waals surface area contributed by atoms with Crippen molar-refractivity contribution in [2.24, 2.45) is 0 Å². The van der Waals surface area contributed by atoms with Gasteiger partial charge in [0.05, 0.1) is 16.1 Å². The predicted molar refractivity (Wildman–Crippen MR) is 105 cm³/mol. The molecule has 2 heterocycles. The van der Waals surface area contributed by atoms with Crippen molar-refractivity contribution in [3.63, 3.8) is 0 Å². The molecule has 0 fully saturated rings. The number of fused-ring (bicyclic) bond motifs is 2. The van der Waals surface area contributed by atoms with Gasteiger partial charge in [0.1, 0.15) is 0 Å². The van der Waals surface area contributed by atoms with Gasteiger partial charge in [-0.2, -0.15) is 0 Å². The molecule has 0 spiro atoms. The van der Waals surface area contributed by atoms with Crippen LogP contribution < -0.4 is 0 Å². The van der Waals surface area contributed by atoms with E-state index in [0.29, 0.717) is 0 Å². The Kier molecular flexibility index (Phi) is 6.30. The minimum absolute atomic E-state index is 1.05. The normalized spacial score (nSPS) is 9.74. The second-order valence-corrected chi connectivity index (χ2v) is 5.62. The average molecular weight is 321 g/mol. The van der Waals surface area contributed by atoms with E-state index in [2.05, 4.69) is 54.6 Å². The summed E-state index contributed by atoms with van der Waals surface area (Å²) in [6.45, 7) is 8.00. The Morgan fingerprint density at radius 1 is 0.696 bits per heavy atom. The maximum Gasteiger partial charge on any atom is 0.0809 e. The van der Waals surface area contributed by atoms with Gasteiger partial charge < -0.3 is 0 Å². The number of pyridine rings is 1. The van der Waals surface area contributed by atoms with Crippen LogP contribution >= 0.6 is 11.3 Å². The van der Waals surface area contributed by atoms with Crippen molar-refractivity contribution in [3.05, 3.63) is 66.7 Å². The highest BCUT2D eigenvalue weighted by Crippen LogP contribution is 2.32. The van der Waals surface area contributed by atoms with Crippen molar-refractivity contribution in [2.45, 2.75) is 27.7 Å².